The van der Waals surface area contributed by atoms with Crippen molar-refractivity contribution in [1.29, 1.82) is 5.26 Å². The smallest absolute Gasteiger partial charge is 0.184 e. The van der Waals surface area contributed by atoms with Crippen molar-refractivity contribution in [3.8, 4) is 11.8 Å². The Morgan fingerprint density at radius 3 is 2.43 bits per heavy atom. The van der Waals surface area contributed by atoms with Gasteiger partial charge in [0.1, 0.15) is 23.3 Å². The Labute approximate surface area is 120 Å². The molecule has 0 N–H and O–H groups in total. The van der Waals surface area contributed by atoms with Gasteiger partial charge in [0.05, 0.1) is 13.2 Å². The number of hydrogen-bond donors (Lipinski definition) is 0. The summed E-state index contributed by atoms with van der Waals surface area (Å²) in [5.74, 6) is -3.01. The second kappa shape index (κ2) is 6.14. The van der Waals surface area contributed by atoms with Gasteiger partial charge in [-0.05, 0) is 29.8 Å². The summed E-state index contributed by atoms with van der Waals surface area (Å²) in [6.45, 7) is 0. The SMILES string of the molecule is COc1cccc(C(=O)C(C#N)c2cc(F)cc(F)c2)c1. The van der Waals surface area contributed by atoms with E-state index in [-0.39, 0.29) is 11.1 Å². The van der Waals surface area contributed by atoms with Crippen molar-refractivity contribution in [2.45, 2.75) is 5.92 Å². The minimum absolute atomic E-state index is 0.0113. The minimum atomic E-state index is -1.28. The Kier molecular flexibility index (Phi) is 4.29. The largest absolute Gasteiger partial charge is 0.497 e. The van der Waals surface area contributed by atoms with Crippen LogP contribution in [0.25, 0.3) is 0 Å². The monoisotopic (exact) mass is 287 g/mol. The fourth-order valence-electron chi connectivity index (χ4n) is 1.97. The van der Waals surface area contributed by atoms with Crippen molar-refractivity contribution in [3.05, 3.63) is 65.2 Å². The van der Waals surface area contributed by atoms with E-state index >= 15 is 0 Å². The van der Waals surface area contributed by atoms with E-state index in [0.29, 0.717) is 11.8 Å². The molecule has 2 rings (SSSR count). The number of methoxy groups -OCH3 is 1. The molecule has 106 valence electrons. The predicted octanol–water partition coefficient (Wildman–Crippen LogP) is 3.46. The first-order valence-electron chi connectivity index (χ1n) is 6.09. The molecule has 3 nitrogen and oxygen atoms in total. The third kappa shape index (κ3) is 3.23. The molecule has 0 fully saturated rings. The van der Waals surface area contributed by atoms with E-state index in [0.717, 1.165) is 12.1 Å². The molecule has 0 spiro atoms. The molecule has 1 unspecified atom stereocenters. The van der Waals surface area contributed by atoms with E-state index in [1.165, 1.54) is 19.2 Å². The molecule has 0 aliphatic heterocycles. The van der Waals surface area contributed by atoms with Crippen molar-refractivity contribution in [2.75, 3.05) is 7.11 Å². The van der Waals surface area contributed by atoms with Crippen LogP contribution in [0.2, 0.25) is 0 Å². The molecule has 2 aromatic rings. The van der Waals surface area contributed by atoms with E-state index in [2.05, 4.69) is 0 Å². The van der Waals surface area contributed by atoms with Crippen LogP contribution in [0.3, 0.4) is 0 Å². The van der Waals surface area contributed by atoms with Crippen molar-refractivity contribution >= 4 is 5.78 Å². The third-order valence-corrected chi connectivity index (χ3v) is 2.96. The average molecular weight is 287 g/mol. The number of carbonyl (C=O) groups is 1. The lowest BCUT2D eigenvalue weighted by Gasteiger charge is -2.10. The van der Waals surface area contributed by atoms with Crippen molar-refractivity contribution in [2.24, 2.45) is 0 Å². The summed E-state index contributed by atoms with van der Waals surface area (Å²) >= 11 is 0. The number of benzene rings is 2. The van der Waals surface area contributed by atoms with Gasteiger partial charge in [-0.1, -0.05) is 12.1 Å². The molecule has 0 saturated heterocycles. The summed E-state index contributed by atoms with van der Waals surface area (Å²) in [5.41, 5.74) is 0.230. The number of nitrogens with zero attached hydrogens (tertiary/aromatic N) is 1. The predicted molar refractivity (Wildman–Crippen MR) is 72.0 cm³/mol. The summed E-state index contributed by atoms with van der Waals surface area (Å²) in [6.07, 6.45) is 0. The van der Waals surface area contributed by atoms with Crippen LogP contribution in [0.5, 0.6) is 5.75 Å². The van der Waals surface area contributed by atoms with Gasteiger partial charge in [-0.2, -0.15) is 5.26 Å². The van der Waals surface area contributed by atoms with Crippen LogP contribution < -0.4 is 4.74 Å². The van der Waals surface area contributed by atoms with Crippen molar-refractivity contribution in [1.82, 2.24) is 0 Å². The number of ether oxygens (including phenoxy) is 1. The van der Waals surface area contributed by atoms with Crippen LogP contribution in [0.1, 0.15) is 21.8 Å². The molecular weight excluding hydrogens is 276 g/mol. The van der Waals surface area contributed by atoms with Crippen LogP contribution in [-0.4, -0.2) is 12.9 Å². The lowest BCUT2D eigenvalue weighted by molar-refractivity contribution is 0.0978. The molecule has 0 amide bonds. The Balaban J connectivity index is 2.41. The van der Waals surface area contributed by atoms with Gasteiger partial charge in [0.2, 0.25) is 0 Å². The lowest BCUT2D eigenvalue weighted by Crippen LogP contribution is -2.12. The number of Topliss-reactive ketones (excluding diaryl/α,β-unsaturated/α-hetero) is 1. The van der Waals surface area contributed by atoms with Gasteiger partial charge in [0.25, 0.3) is 0 Å². The quantitative estimate of drug-likeness (QED) is 0.809. The first kappa shape index (κ1) is 14.7. The van der Waals surface area contributed by atoms with Gasteiger partial charge in [0.15, 0.2) is 5.78 Å². The zero-order valence-electron chi connectivity index (χ0n) is 11.1. The van der Waals surface area contributed by atoms with Gasteiger partial charge in [-0.25, -0.2) is 8.78 Å². The van der Waals surface area contributed by atoms with E-state index < -0.39 is 23.3 Å². The normalized spacial score (nSPS) is 11.5. The van der Waals surface area contributed by atoms with Crippen LogP contribution in [0.15, 0.2) is 42.5 Å². The number of rotatable bonds is 4. The molecule has 0 aliphatic rings. The Bertz CT molecular complexity index is 702. The number of ketones is 1. The standard InChI is InChI=1S/C16H11F2NO2/c1-21-14-4-2-3-10(7-14)16(20)15(9-19)11-5-12(17)8-13(18)6-11/h2-8,15H,1H3. The highest BCUT2D eigenvalue weighted by molar-refractivity contribution is 6.03. The molecule has 0 heterocycles. The fraction of sp³-hybridized carbons (Fsp3) is 0.125. The van der Waals surface area contributed by atoms with Gasteiger partial charge in [-0.3, -0.25) is 4.79 Å². The molecule has 0 aromatic heterocycles. The fourth-order valence-corrected chi connectivity index (χ4v) is 1.97. The number of carbonyl (C=O) groups excluding carboxylic acids is 1. The van der Waals surface area contributed by atoms with Gasteiger partial charge < -0.3 is 4.74 Å². The molecule has 0 saturated carbocycles. The van der Waals surface area contributed by atoms with Crippen LogP contribution >= 0.6 is 0 Å². The third-order valence-electron chi connectivity index (χ3n) is 2.96. The van der Waals surface area contributed by atoms with Crippen molar-refractivity contribution < 1.29 is 18.3 Å². The molecule has 5 heteroatoms. The zero-order valence-corrected chi connectivity index (χ0v) is 11.1. The minimum Gasteiger partial charge on any atom is -0.497 e. The number of nitriles is 1. The summed E-state index contributed by atoms with van der Waals surface area (Å²) < 4.78 is 31.5. The maximum absolute atomic E-state index is 13.2. The molecule has 1 atom stereocenters. The lowest BCUT2D eigenvalue weighted by atomic mass is 9.91. The topological polar surface area (TPSA) is 50.1 Å². The van der Waals surface area contributed by atoms with Crippen molar-refractivity contribution in [3.63, 3.8) is 0 Å². The maximum Gasteiger partial charge on any atom is 0.184 e. The summed E-state index contributed by atoms with van der Waals surface area (Å²) in [7, 11) is 1.45. The van der Waals surface area contributed by atoms with Crippen LogP contribution in [0, 0.1) is 23.0 Å². The van der Waals surface area contributed by atoms with Crippen LogP contribution in [-0.2, 0) is 0 Å². The van der Waals surface area contributed by atoms with Gasteiger partial charge >= 0.3 is 0 Å². The highest BCUT2D eigenvalue weighted by Gasteiger charge is 2.23. The first-order valence-corrected chi connectivity index (χ1v) is 6.09. The van der Waals surface area contributed by atoms with Gasteiger partial charge in [-0.15, -0.1) is 0 Å². The second-order valence-corrected chi connectivity index (χ2v) is 4.36. The van der Waals surface area contributed by atoms with Gasteiger partial charge in [0, 0.05) is 11.6 Å². The summed E-state index contributed by atoms with van der Waals surface area (Å²) in [5, 5.41) is 9.17. The van der Waals surface area contributed by atoms with E-state index in [1.54, 1.807) is 18.2 Å². The summed E-state index contributed by atoms with van der Waals surface area (Å²) in [4.78, 5) is 12.3. The zero-order chi connectivity index (χ0) is 15.4. The molecule has 0 radical (unpaired) electrons. The highest BCUT2D eigenvalue weighted by atomic mass is 19.1. The molecule has 2 aromatic carbocycles. The molecule has 0 bridgehead atoms. The highest BCUT2D eigenvalue weighted by Crippen LogP contribution is 2.24. The molecular formula is C16H11F2NO2. The Hall–Kier alpha value is -2.74. The Morgan fingerprint density at radius 1 is 1.19 bits per heavy atom. The summed E-state index contributed by atoms with van der Waals surface area (Å²) in [6, 6.07) is 10.7. The second-order valence-electron chi connectivity index (χ2n) is 4.36. The van der Waals surface area contributed by atoms with E-state index in [1.807, 2.05) is 0 Å². The number of hydrogen-bond acceptors (Lipinski definition) is 3. The van der Waals surface area contributed by atoms with E-state index in [9.17, 15) is 18.8 Å². The number of halogens is 2. The molecule has 21 heavy (non-hydrogen) atoms. The maximum atomic E-state index is 13.2. The molecule has 0 aliphatic carbocycles. The van der Waals surface area contributed by atoms with E-state index in [4.69, 9.17) is 4.74 Å². The Morgan fingerprint density at radius 2 is 1.86 bits per heavy atom. The average Bonchev–Trinajstić information content (AvgIpc) is 2.47. The van der Waals surface area contributed by atoms with Crippen LogP contribution in [0.4, 0.5) is 8.78 Å². The first-order chi connectivity index (χ1) is 10.0.